The Labute approximate surface area is 60.9 Å². The van der Waals surface area contributed by atoms with Crippen molar-refractivity contribution in [2.45, 2.75) is 19.9 Å². The minimum Gasteiger partial charge on any atom is -0.468 e. The summed E-state index contributed by atoms with van der Waals surface area (Å²) in [5.41, 5.74) is 5.57. The highest BCUT2D eigenvalue weighted by molar-refractivity contribution is 5.71. The van der Waals surface area contributed by atoms with Crippen LogP contribution in [0.1, 0.15) is 13.8 Å². The summed E-state index contributed by atoms with van der Waals surface area (Å²) in [6, 6.07) is 0.324. The van der Waals surface area contributed by atoms with Gasteiger partial charge in [-0.05, 0) is 13.8 Å². The Bertz CT molecular complexity index is 104. The summed E-state index contributed by atoms with van der Waals surface area (Å²) in [5.74, 6) is -0.270. The van der Waals surface area contributed by atoms with Crippen molar-refractivity contribution in [3.05, 3.63) is 0 Å². The second-order valence-corrected chi connectivity index (χ2v) is 2.23. The summed E-state index contributed by atoms with van der Waals surface area (Å²) in [4.78, 5) is 10.5. The lowest BCUT2D eigenvalue weighted by Gasteiger charge is -2.07. The zero-order valence-corrected chi connectivity index (χ0v) is 6.60. The summed E-state index contributed by atoms with van der Waals surface area (Å²) in [6.45, 7) is 4.16. The summed E-state index contributed by atoms with van der Waals surface area (Å²) < 4.78 is 4.39. The van der Waals surface area contributed by atoms with E-state index < -0.39 is 0 Å². The summed E-state index contributed by atoms with van der Waals surface area (Å²) in [6.07, 6.45) is 0. The molecule has 0 amide bonds. The second-order valence-electron chi connectivity index (χ2n) is 2.23. The number of methoxy groups -OCH3 is 1. The maximum absolute atomic E-state index is 10.5. The van der Waals surface area contributed by atoms with Gasteiger partial charge in [-0.2, -0.15) is 0 Å². The average Bonchev–Trinajstić information content (AvgIpc) is 1.87. The smallest absolute Gasteiger partial charge is 0.321 e. The van der Waals surface area contributed by atoms with Crippen LogP contribution in [0.3, 0.4) is 0 Å². The Morgan fingerprint density at radius 2 is 2.20 bits per heavy atom. The van der Waals surface area contributed by atoms with E-state index in [1.54, 1.807) is 0 Å². The van der Waals surface area contributed by atoms with Gasteiger partial charge in [0.25, 0.3) is 0 Å². The molecule has 0 aromatic rings. The molecule has 0 aliphatic heterocycles. The highest BCUT2D eigenvalue weighted by Crippen LogP contribution is 1.71. The molecule has 0 rings (SSSR count). The van der Waals surface area contributed by atoms with E-state index >= 15 is 0 Å². The largest absolute Gasteiger partial charge is 0.468 e. The molecule has 10 heavy (non-hydrogen) atoms. The molecule has 0 saturated heterocycles. The Balaban J connectivity index is 3.12. The molecule has 0 heterocycles. The minimum atomic E-state index is -0.270. The van der Waals surface area contributed by atoms with Crippen molar-refractivity contribution in [2.75, 3.05) is 13.7 Å². The fourth-order valence-electron chi connectivity index (χ4n) is 0.399. The number of carbonyl (C=O) groups excluding carboxylic acids is 1. The van der Waals surface area contributed by atoms with Crippen LogP contribution >= 0.6 is 0 Å². The van der Waals surface area contributed by atoms with Crippen LogP contribution in [0.25, 0.3) is 0 Å². The first-order chi connectivity index (χ1) is 4.66. The molecule has 0 atom stereocenters. The Morgan fingerprint density at radius 1 is 1.60 bits per heavy atom. The molecule has 0 unspecified atom stereocenters. The van der Waals surface area contributed by atoms with Gasteiger partial charge in [0, 0.05) is 6.04 Å². The van der Waals surface area contributed by atoms with Gasteiger partial charge < -0.3 is 4.74 Å². The number of hydrogen-bond acceptors (Lipinski definition) is 4. The third-order valence-corrected chi connectivity index (χ3v) is 0.851. The van der Waals surface area contributed by atoms with Crippen LogP contribution in [0, 0.1) is 0 Å². The average molecular weight is 146 g/mol. The van der Waals surface area contributed by atoms with Crippen LogP contribution in [0.5, 0.6) is 0 Å². The van der Waals surface area contributed by atoms with E-state index in [9.17, 15) is 4.79 Å². The number of hydrazine groups is 1. The Morgan fingerprint density at radius 3 is 2.60 bits per heavy atom. The zero-order valence-electron chi connectivity index (χ0n) is 6.60. The topological polar surface area (TPSA) is 50.4 Å². The van der Waals surface area contributed by atoms with Gasteiger partial charge in [-0.3, -0.25) is 10.2 Å². The van der Waals surface area contributed by atoms with Crippen molar-refractivity contribution in [2.24, 2.45) is 0 Å². The lowest BCUT2D eigenvalue weighted by atomic mass is 10.4. The molecule has 0 fully saturated rings. The van der Waals surface area contributed by atoms with Crippen LogP contribution in [-0.2, 0) is 9.53 Å². The first-order valence-electron chi connectivity index (χ1n) is 3.22. The summed E-state index contributed by atoms with van der Waals surface area (Å²) >= 11 is 0. The van der Waals surface area contributed by atoms with E-state index in [4.69, 9.17) is 0 Å². The molecule has 0 saturated carbocycles. The monoisotopic (exact) mass is 146 g/mol. The lowest BCUT2D eigenvalue weighted by Crippen LogP contribution is -2.40. The first kappa shape index (κ1) is 9.39. The number of nitrogens with one attached hydrogen (secondary N) is 2. The molecule has 0 aliphatic carbocycles. The maximum Gasteiger partial charge on any atom is 0.321 e. The predicted octanol–water partition coefficient (Wildman–Crippen LogP) is -0.338. The molecule has 0 aromatic carbocycles. The number of carbonyl (C=O) groups is 1. The van der Waals surface area contributed by atoms with Crippen molar-refractivity contribution in [3.8, 4) is 0 Å². The van der Waals surface area contributed by atoms with Gasteiger partial charge in [0.1, 0.15) is 6.54 Å². The predicted molar refractivity (Wildman–Crippen MR) is 38.3 cm³/mol. The fourth-order valence-corrected chi connectivity index (χ4v) is 0.399. The van der Waals surface area contributed by atoms with Crippen LogP contribution < -0.4 is 10.9 Å². The van der Waals surface area contributed by atoms with Gasteiger partial charge >= 0.3 is 5.97 Å². The molecule has 0 aromatic heterocycles. The lowest BCUT2D eigenvalue weighted by molar-refractivity contribution is -0.139. The molecule has 0 aliphatic rings. The van der Waals surface area contributed by atoms with Crippen molar-refractivity contribution < 1.29 is 9.53 Å². The standard InChI is InChI=1S/C6H14N2O2/c1-5(2)8-7-4-6(9)10-3/h5,7-8H,4H2,1-3H3. The van der Waals surface area contributed by atoms with Crippen molar-refractivity contribution >= 4 is 5.97 Å². The molecule has 60 valence electrons. The van der Waals surface area contributed by atoms with E-state index in [1.165, 1.54) is 7.11 Å². The first-order valence-corrected chi connectivity index (χ1v) is 3.22. The highest BCUT2D eigenvalue weighted by Gasteiger charge is 1.97. The van der Waals surface area contributed by atoms with Crippen molar-refractivity contribution in [1.82, 2.24) is 10.9 Å². The van der Waals surface area contributed by atoms with Crippen LogP contribution in [0.4, 0.5) is 0 Å². The molecular weight excluding hydrogens is 132 g/mol. The third kappa shape index (κ3) is 5.53. The van der Waals surface area contributed by atoms with E-state index in [2.05, 4.69) is 15.6 Å². The number of esters is 1. The number of hydrogen-bond donors (Lipinski definition) is 2. The molecule has 2 N–H and O–H groups in total. The van der Waals surface area contributed by atoms with Crippen molar-refractivity contribution in [3.63, 3.8) is 0 Å². The minimum absolute atomic E-state index is 0.203. The van der Waals surface area contributed by atoms with Crippen LogP contribution in [0.2, 0.25) is 0 Å². The fraction of sp³-hybridized carbons (Fsp3) is 0.833. The summed E-state index contributed by atoms with van der Waals surface area (Å²) in [7, 11) is 1.36. The van der Waals surface area contributed by atoms with Gasteiger partial charge in [0.05, 0.1) is 7.11 Å². The third-order valence-electron chi connectivity index (χ3n) is 0.851. The van der Waals surface area contributed by atoms with E-state index in [1.807, 2.05) is 13.8 Å². The molecular formula is C6H14N2O2. The Hall–Kier alpha value is -0.610. The van der Waals surface area contributed by atoms with Gasteiger partial charge in [0.15, 0.2) is 0 Å². The molecule has 4 heteroatoms. The number of ether oxygens (including phenoxy) is 1. The molecule has 0 radical (unpaired) electrons. The zero-order chi connectivity index (χ0) is 7.98. The summed E-state index contributed by atoms with van der Waals surface area (Å²) in [5, 5.41) is 0. The number of rotatable bonds is 4. The van der Waals surface area contributed by atoms with Gasteiger partial charge in [0.2, 0.25) is 0 Å². The molecule has 4 nitrogen and oxygen atoms in total. The van der Waals surface area contributed by atoms with Gasteiger partial charge in [-0.1, -0.05) is 0 Å². The van der Waals surface area contributed by atoms with E-state index in [-0.39, 0.29) is 12.5 Å². The maximum atomic E-state index is 10.5. The molecule has 0 bridgehead atoms. The Kier molecular flexibility index (Phi) is 4.88. The van der Waals surface area contributed by atoms with Crippen LogP contribution in [0.15, 0.2) is 0 Å². The van der Waals surface area contributed by atoms with Crippen molar-refractivity contribution in [1.29, 1.82) is 0 Å². The second kappa shape index (κ2) is 5.20. The van der Waals surface area contributed by atoms with E-state index in [0.717, 1.165) is 0 Å². The highest BCUT2D eigenvalue weighted by atomic mass is 16.5. The van der Waals surface area contributed by atoms with Gasteiger partial charge in [-0.15, -0.1) is 0 Å². The SMILES string of the molecule is COC(=O)CNNC(C)C. The normalized spacial score (nSPS) is 10.0. The van der Waals surface area contributed by atoms with Gasteiger partial charge in [-0.25, -0.2) is 5.43 Å². The quantitative estimate of drug-likeness (QED) is 0.421. The van der Waals surface area contributed by atoms with E-state index in [0.29, 0.717) is 6.04 Å². The van der Waals surface area contributed by atoms with Crippen LogP contribution in [-0.4, -0.2) is 25.7 Å². The molecule has 0 spiro atoms.